The molecule has 1 unspecified atom stereocenters. The third kappa shape index (κ3) is 1.41. The fourth-order valence-corrected chi connectivity index (χ4v) is 2.16. The molecule has 0 bridgehead atoms. The van der Waals surface area contributed by atoms with Gasteiger partial charge in [-0.2, -0.15) is 0 Å². The predicted octanol–water partition coefficient (Wildman–Crippen LogP) is 3.72. The highest BCUT2D eigenvalue weighted by Crippen LogP contribution is 2.31. The summed E-state index contributed by atoms with van der Waals surface area (Å²) in [5.74, 6) is 0.559. The normalized spacial score (nSPS) is 21.6. The first-order chi connectivity index (χ1) is 7.84. The van der Waals surface area contributed by atoms with Crippen molar-refractivity contribution in [3.05, 3.63) is 71.3 Å². The SMILES string of the molecule is OC1=CC2C=CC=CC2=Cc2ccccc21. The maximum Gasteiger partial charge on any atom is 0.120 e. The minimum absolute atomic E-state index is 0.192. The molecule has 1 atom stereocenters. The van der Waals surface area contributed by atoms with Crippen LogP contribution >= 0.6 is 0 Å². The van der Waals surface area contributed by atoms with Crippen LogP contribution in [0.5, 0.6) is 0 Å². The monoisotopic (exact) mass is 208 g/mol. The molecule has 0 fully saturated rings. The highest BCUT2D eigenvalue weighted by Gasteiger charge is 2.16. The van der Waals surface area contributed by atoms with Gasteiger partial charge in [0.25, 0.3) is 0 Å². The van der Waals surface area contributed by atoms with E-state index >= 15 is 0 Å². The maximum atomic E-state index is 10.1. The quantitative estimate of drug-likeness (QED) is 0.688. The van der Waals surface area contributed by atoms with Crippen molar-refractivity contribution in [3.63, 3.8) is 0 Å². The molecule has 2 aliphatic rings. The van der Waals surface area contributed by atoms with E-state index in [-0.39, 0.29) is 5.92 Å². The van der Waals surface area contributed by atoms with Crippen LogP contribution in [0.15, 0.2) is 60.2 Å². The van der Waals surface area contributed by atoms with Crippen molar-refractivity contribution < 1.29 is 5.11 Å². The average molecular weight is 208 g/mol. The smallest absolute Gasteiger partial charge is 0.120 e. The molecule has 0 heterocycles. The van der Waals surface area contributed by atoms with Crippen LogP contribution in [0.4, 0.5) is 0 Å². The lowest BCUT2D eigenvalue weighted by molar-refractivity contribution is 0.508. The summed E-state index contributed by atoms with van der Waals surface area (Å²) >= 11 is 0. The number of rotatable bonds is 0. The zero-order valence-corrected chi connectivity index (χ0v) is 8.80. The third-order valence-corrected chi connectivity index (χ3v) is 3.00. The van der Waals surface area contributed by atoms with Crippen LogP contribution in [-0.4, -0.2) is 5.11 Å². The van der Waals surface area contributed by atoms with Gasteiger partial charge >= 0.3 is 0 Å². The van der Waals surface area contributed by atoms with E-state index in [1.807, 2.05) is 42.5 Å². The van der Waals surface area contributed by atoms with Crippen molar-refractivity contribution >= 4 is 11.8 Å². The van der Waals surface area contributed by atoms with Gasteiger partial charge in [-0.1, -0.05) is 54.6 Å². The average Bonchev–Trinajstić information content (AvgIpc) is 2.45. The van der Waals surface area contributed by atoms with Crippen molar-refractivity contribution in [3.8, 4) is 0 Å². The Morgan fingerprint density at radius 1 is 1.06 bits per heavy atom. The summed E-state index contributed by atoms with van der Waals surface area (Å²) in [4.78, 5) is 0. The van der Waals surface area contributed by atoms with E-state index in [4.69, 9.17) is 0 Å². The van der Waals surface area contributed by atoms with Crippen LogP contribution in [0.2, 0.25) is 0 Å². The summed E-state index contributed by atoms with van der Waals surface area (Å²) in [6.45, 7) is 0. The molecule has 1 aromatic carbocycles. The summed E-state index contributed by atoms with van der Waals surface area (Å²) in [5.41, 5.74) is 3.21. The zero-order valence-electron chi connectivity index (χ0n) is 8.80. The molecule has 1 nitrogen and oxygen atoms in total. The Balaban J connectivity index is 2.23. The number of hydrogen-bond acceptors (Lipinski definition) is 1. The lowest BCUT2D eigenvalue weighted by Crippen LogP contribution is -1.97. The van der Waals surface area contributed by atoms with Crippen molar-refractivity contribution in [1.29, 1.82) is 0 Å². The molecule has 16 heavy (non-hydrogen) atoms. The fraction of sp³-hybridized carbons (Fsp3) is 0.0667. The molecule has 0 spiro atoms. The van der Waals surface area contributed by atoms with Gasteiger partial charge < -0.3 is 5.11 Å². The zero-order chi connectivity index (χ0) is 11.0. The molecular weight excluding hydrogens is 196 g/mol. The van der Waals surface area contributed by atoms with Crippen LogP contribution in [-0.2, 0) is 0 Å². The Kier molecular flexibility index (Phi) is 2.03. The van der Waals surface area contributed by atoms with E-state index in [1.165, 1.54) is 5.57 Å². The van der Waals surface area contributed by atoms with Gasteiger partial charge in [0.05, 0.1) is 0 Å². The Morgan fingerprint density at radius 3 is 2.88 bits per heavy atom. The topological polar surface area (TPSA) is 20.2 Å². The van der Waals surface area contributed by atoms with Gasteiger partial charge in [0.15, 0.2) is 0 Å². The molecule has 0 aromatic heterocycles. The molecule has 1 heteroatoms. The number of hydrogen-bond donors (Lipinski definition) is 1. The fourth-order valence-electron chi connectivity index (χ4n) is 2.16. The second-order valence-corrected chi connectivity index (χ2v) is 4.05. The molecule has 1 N–H and O–H groups in total. The first-order valence-corrected chi connectivity index (χ1v) is 5.41. The highest BCUT2D eigenvalue weighted by molar-refractivity contribution is 5.76. The molecule has 0 saturated heterocycles. The standard InChI is InChI=1S/C15H12O/c16-15-10-12-6-2-1-5-11(12)9-13-7-3-4-8-14(13)15/h1-10,12,16H. The summed E-state index contributed by atoms with van der Waals surface area (Å²) in [6.07, 6.45) is 12.3. The number of aliphatic hydroxyl groups excluding tert-OH is 1. The van der Waals surface area contributed by atoms with E-state index in [0.29, 0.717) is 5.76 Å². The predicted molar refractivity (Wildman–Crippen MR) is 66.8 cm³/mol. The van der Waals surface area contributed by atoms with E-state index in [1.54, 1.807) is 0 Å². The molecule has 0 amide bonds. The summed E-state index contributed by atoms with van der Waals surface area (Å²) < 4.78 is 0. The van der Waals surface area contributed by atoms with Gasteiger partial charge in [0.2, 0.25) is 0 Å². The number of aliphatic hydroxyl groups is 1. The van der Waals surface area contributed by atoms with Gasteiger partial charge in [-0.25, -0.2) is 0 Å². The van der Waals surface area contributed by atoms with Crippen LogP contribution in [0.25, 0.3) is 11.8 Å². The number of allylic oxidation sites excluding steroid dienone is 6. The highest BCUT2D eigenvalue weighted by atomic mass is 16.3. The maximum absolute atomic E-state index is 10.1. The largest absolute Gasteiger partial charge is 0.508 e. The van der Waals surface area contributed by atoms with Gasteiger partial charge in [0, 0.05) is 11.5 Å². The first-order valence-electron chi connectivity index (χ1n) is 5.41. The molecule has 0 aliphatic heterocycles. The Hall–Kier alpha value is -2.02. The Morgan fingerprint density at radius 2 is 1.94 bits per heavy atom. The lowest BCUT2D eigenvalue weighted by Gasteiger charge is -2.10. The van der Waals surface area contributed by atoms with Crippen molar-refractivity contribution in [1.82, 2.24) is 0 Å². The third-order valence-electron chi connectivity index (χ3n) is 3.00. The summed E-state index contributed by atoms with van der Waals surface area (Å²) in [6, 6.07) is 7.91. The summed E-state index contributed by atoms with van der Waals surface area (Å²) in [7, 11) is 0. The van der Waals surface area contributed by atoms with E-state index in [0.717, 1.165) is 11.1 Å². The van der Waals surface area contributed by atoms with Crippen LogP contribution in [0, 0.1) is 5.92 Å². The first kappa shape index (κ1) is 9.22. The number of benzene rings is 1. The molecule has 78 valence electrons. The molecule has 0 radical (unpaired) electrons. The Labute approximate surface area is 94.7 Å². The minimum atomic E-state index is 0.192. The van der Waals surface area contributed by atoms with E-state index in [9.17, 15) is 5.11 Å². The second-order valence-electron chi connectivity index (χ2n) is 4.05. The minimum Gasteiger partial charge on any atom is -0.508 e. The van der Waals surface area contributed by atoms with Gasteiger partial charge in [-0.3, -0.25) is 0 Å². The second kappa shape index (κ2) is 3.53. The van der Waals surface area contributed by atoms with E-state index in [2.05, 4.69) is 18.2 Å². The molecule has 2 aliphatic carbocycles. The van der Waals surface area contributed by atoms with Crippen LogP contribution in [0.1, 0.15) is 11.1 Å². The molecule has 1 aromatic rings. The summed E-state index contributed by atoms with van der Waals surface area (Å²) in [5, 5.41) is 10.1. The van der Waals surface area contributed by atoms with Crippen molar-refractivity contribution in [2.75, 3.05) is 0 Å². The van der Waals surface area contributed by atoms with Gasteiger partial charge in [-0.05, 0) is 17.2 Å². The van der Waals surface area contributed by atoms with Crippen LogP contribution < -0.4 is 0 Å². The lowest BCUT2D eigenvalue weighted by atomic mass is 9.94. The Bertz CT molecular complexity index is 544. The molecular formula is C15H12O. The van der Waals surface area contributed by atoms with Gasteiger partial charge in [-0.15, -0.1) is 0 Å². The van der Waals surface area contributed by atoms with Crippen molar-refractivity contribution in [2.24, 2.45) is 5.92 Å². The molecule has 0 saturated carbocycles. The van der Waals surface area contributed by atoms with Crippen molar-refractivity contribution in [2.45, 2.75) is 0 Å². The van der Waals surface area contributed by atoms with E-state index < -0.39 is 0 Å². The molecule has 3 rings (SSSR count). The van der Waals surface area contributed by atoms with Gasteiger partial charge in [0.1, 0.15) is 5.76 Å². The number of fused-ring (bicyclic) bond motifs is 2. The van der Waals surface area contributed by atoms with Crippen LogP contribution in [0.3, 0.4) is 0 Å².